The lowest BCUT2D eigenvalue weighted by atomic mass is 10.2. The Morgan fingerprint density at radius 3 is 2.62 bits per heavy atom. The molecule has 0 amide bonds. The first kappa shape index (κ1) is 27.3. The zero-order chi connectivity index (χ0) is 28.7. The molecule has 0 bridgehead atoms. The number of pyridine rings is 1. The Bertz CT molecular complexity index is 1650. The molecule has 9 nitrogen and oxygen atoms in total. The molecular formula is C31H33ClN7O2S+. The molecule has 1 atom stereocenters. The van der Waals surface area contributed by atoms with Crippen LogP contribution in [-0.4, -0.2) is 51.9 Å². The number of quaternary nitrogens is 1. The van der Waals surface area contributed by atoms with Crippen LogP contribution in [0.1, 0.15) is 25.3 Å². The number of ether oxygens (including phenoxy) is 1. The lowest BCUT2D eigenvalue weighted by Gasteiger charge is -2.42. The van der Waals surface area contributed by atoms with Crippen LogP contribution in [0.25, 0.3) is 11.1 Å². The van der Waals surface area contributed by atoms with Gasteiger partial charge in [0.1, 0.15) is 22.8 Å². The fourth-order valence-corrected chi connectivity index (χ4v) is 6.46. The number of benzene rings is 2. The molecule has 2 aliphatic heterocycles. The molecule has 42 heavy (non-hydrogen) atoms. The van der Waals surface area contributed by atoms with E-state index in [0.29, 0.717) is 23.1 Å². The number of piperazine rings is 1. The first-order valence-electron chi connectivity index (χ1n) is 14.3. The first-order valence-corrected chi connectivity index (χ1v) is 15.7. The highest BCUT2D eigenvalue weighted by molar-refractivity contribution is 7.75. The predicted octanol–water partition coefficient (Wildman–Crippen LogP) is 4.29. The average Bonchev–Trinajstić information content (AvgIpc) is 3.74. The van der Waals surface area contributed by atoms with Gasteiger partial charge >= 0.3 is 5.56 Å². The van der Waals surface area contributed by atoms with Crippen molar-refractivity contribution in [1.82, 2.24) is 19.1 Å². The predicted molar refractivity (Wildman–Crippen MR) is 168 cm³/mol. The molecule has 3 aliphatic rings. The smallest absolute Gasteiger partial charge is 0.316 e. The van der Waals surface area contributed by atoms with Crippen LogP contribution < -0.4 is 20.2 Å². The molecule has 1 unspecified atom stereocenters. The topological polar surface area (TPSA) is 82.0 Å². The average molecular weight is 603 g/mol. The number of hydrogen-bond acceptors (Lipinski definition) is 6. The number of aromatic nitrogens is 3. The van der Waals surface area contributed by atoms with E-state index >= 15 is 0 Å². The van der Waals surface area contributed by atoms with Crippen LogP contribution in [0.15, 0.2) is 78.0 Å². The Hall–Kier alpha value is -3.57. The van der Waals surface area contributed by atoms with Crippen LogP contribution >= 0.6 is 11.6 Å². The fourth-order valence-electron chi connectivity index (χ4n) is 5.24. The van der Waals surface area contributed by atoms with Crippen LogP contribution in [0, 0.1) is 5.41 Å². The van der Waals surface area contributed by atoms with Gasteiger partial charge in [0.05, 0.1) is 43.5 Å². The van der Waals surface area contributed by atoms with Crippen molar-refractivity contribution in [2.24, 2.45) is 5.41 Å². The maximum atomic E-state index is 13.6. The zero-order valence-corrected chi connectivity index (χ0v) is 25.1. The Kier molecular flexibility index (Phi) is 7.31. The van der Waals surface area contributed by atoms with Crippen molar-refractivity contribution in [1.29, 1.82) is 0 Å². The number of hydrogen-bond donors (Lipinski definition) is 1. The molecule has 7 rings (SSSR count). The zero-order valence-electron chi connectivity index (χ0n) is 23.4. The largest absolute Gasteiger partial charge is 0.486 e. The van der Waals surface area contributed by atoms with Gasteiger partial charge in [-0.05, 0) is 61.0 Å². The molecule has 4 aromatic rings. The maximum Gasteiger partial charge on any atom is 0.316 e. The lowest BCUT2D eigenvalue weighted by Crippen LogP contribution is -3.01. The van der Waals surface area contributed by atoms with E-state index in [-0.39, 0.29) is 11.0 Å². The number of anilines is 1. The summed E-state index contributed by atoms with van der Waals surface area (Å²) in [5, 5.41) is 6.11. The summed E-state index contributed by atoms with van der Waals surface area (Å²) in [6, 6.07) is 17.9. The number of nitrogens with zero attached hydrogens (tertiary/aromatic N) is 6. The van der Waals surface area contributed by atoms with E-state index in [1.807, 2.05) is 24.4 Å². The highest BCUT2D eigenvalue weighted by Gasteiger charge is 2.39. The minimum absolute atomic E-state index is 0.150. The second kappa shape index (κ2) is 11.3. The molecule has 216 valence electrons. The molecule has 2 aromatic carbocycles. The normalized spacial score (nSPS) is 19.0. The van der Waals surface area contributed by atoms with Crippen molar-refractivity contribution in [3.05, 3.63) is 99.6 Å². The van der Waals surface area contributed by atoms with Crippen LogP contribution in [-0.2, 0) is 17.7 Å². The SMILES string of the molecule is CC1(COc2c(N3CCN([SH+]Cc4ccc([NH+]5[N-]c6cnccc65)cc4)CC3)cnn(-c3cccc(Cl)c3)c2=O)CC1. The summed E-state index contributed by atoms with van der Waals surface area (Å²) in [6.45, 7) is 6.13. The van der Waals surface area contributed by atoms with Crippen LogP contribution in [0.4, 0.5) is 22.7 Å². The van der Waals surface area contributed by atoms with Crippen molar-refractivity contribution >= 4 is 46.3 Å². The van der Waals surface area contributed by atoms with Gasteiger partial charge in [-0.25, -0.2) is 0 Å². The summed E-state index contributed by atoms with van der Waals surface area (Å²) in [4.78, 5) is 20.0. The van der Waals surface area contributed by atoms with Crippen molar-refractivity contribution in [3.63, 3.8) is 0 Å². The van der Waals surface area contributed by atoms with Gasteiger partial charge in [0.15, 0.2) is 0 Å². The van der Waals surface area contributed by atoms with Gasteiger partial charge in [0, 0.05) is 47.6 Å². The Labute approximate surface area is 254 Å². The van der Waals surface area contributed by atoms with Crippen molar-refractivity contribution in [2.45, 2.75) is 25.5 Å². The van der Waals surface area contributed by atoms with Crippen molar-refractivity contribution < 1.29 is 9.75 Å². The van der Waals surface area contributed by atoms with E-state index in [0.717, 1.165) is 66.8 Å². The maximum absolute atomic E-state index is 13.6. The number of rotatable bonds is 9. The third-order valence-electron chi connectivity index (χ3n) is 8.20. The molecule has 1 saturated heterocycles. The number of nitrogens with one attached hydrogen (secondary N) is 1. The van der Waals surface area contributed by atoms with Gasteiger partial charge in [-0.15, -0.1) is 4.31 Å². The van der Waals surface area contributed by atoms with Crippen LogP contribution in [0.5, 0.6) is 5.75 Å². The second-order valence-electron chi connectivity index (χ2n) is 11.4. The highest BCUT2D eigenvalue weighted by Crippen LogP contribution is 2.45. The van der Waals surface area contributed by atoms with Crippen molar-refractivity contribution in [2.75, 3.05) is 37.7 Å². The first-order chi connectivity index (χ1) is 20.5. The van der Waals surface area contributed by atoms with Gasteiger partial charge in [-0.3, -0.25) is 9.78 Å². The number of fused-ring (bicyclic) bond motifs is 1. The van der Waals surface area contributed by atoms with E-state index in [2.05, 4.69) is 55.9 Å². The highest BCUT2D eigenvalue weighted by atomic mass is 35.5. The van der Waals surface area contributed by atoms with Crippen molar-refractivity contribution in [3.8, 4) is 11.4 Å². The molecule has 1 aliphatic carbocycles. The van der Waals surface area contributed by atoms with Gasteiger partial charge in [-0.2, -0.15) is 9.78 Å². The molecule has 1 saturated carbocycles. The van der Waals surface area contributed by atoms with E-state index < -0.39 is 0 Å². The molecular weight excluding hydrogens is 570 g/mol. The standard InChI is InChI=1S/C31H32ClN7O2S/c1-31(10-11-31)21-41-29-28(19-34-39(30(29)40)25-4-2-3-23(32)17-25)36-13-15-37(16-14-36)42-20-22-5-7-24(8-6-22)38-27-9-12-33-18-26(27)35-38/h2-9,12,17-19,38H,10-11,13-16,20-21H2,1H3/p+1. The number of halogens is 1. The summed E-state index contributed by atoms with van der Waals surface area (Å²) in [5.41, 5.74) is 10.5. The fraction of sp³-hybridized carbons (Fsp3) is 0.323. The molecule has 1 N–H and O–H groups in total. The molecule has 0 radical (unpaired) electrons. The minimum Gasteiger partial charge on any atom is -0.486 e. The summed E-state index contributed by atoms with van der Waals surface area (Å²) in [5.74, 6) is 1.33. The van der Waals surface area contributed by atoms with E-state index in [9.17, 15) is 4.79 Å². The van der Waals surface area contributed by atoms with E-state index in [4.69, 9.17) is 16.3 Å². The molecule has 2 fully saturated rings. The Morgan fingerprint density at radius 2 is 1.88 bits per heavy atom. The van der Waals surface area contributed by atoms with Gasteiger partial charge < -0.3 is 20.1 Å². The lowest BCUT2D eigenvalue weighted by molar-refractivity contribution is -0.727. The van der Waals surface area contributed by atoms with E-state index in [1.54, 1.807) is 24.5 Å². The van der Waals surface area contributed by atoms with E-state index in [1.165, 1.54) is 27.9 Å². The van der Waals surface area contributed by atoms with Gasteiger partial charge in [0.2, 0.25) is 5.75 Å². The third kappa shape index (κ3) is 5.59. The summed E-state index contributed by atoms with van der Waals surface area (Å²) in [7, 11) is 0. The van der Waals surface area contributed by atoms with Gasteiger partial charge in [0.25, 0.3) is 0 Å². The van der Waals surface area contributed by atoms with Crippen LogP contribution in [0.2, 0.25) is 5.02 Å². The minimum atomic E-state index is -0.254. The summed E-state index contributed by atoms with van der Waals surface area (Å²) < 4.78 is 10.1. The Balaban J connectivity index is 0.993. The second-order valence-corrected chi connectivity index (χ2v) is 13.0. The third-order valence-corrected chi connectivity index (χ3v) is 9.74. The summed E-state index contributed by atoms with van der Waals surface area (Å²) >= 11 is 7.47. The monoisotopic (exact) mass is 602 g/mol. The molecule has 11 heteroatoms. The molecule has 4 heterocycles. The number of thiol groups is 1. The molecule has 0 spiro atoms. The van der Waals surface area contributed by atoms with Crippen LogP contribution in [0.3, 0.4) is 0 Å². The quantitative estimate of drug-likeness (QED) is 0.227. The van der Waals surface area contributed by atoms with Gasteiger partial charge in [-0.1, -0.05) is 24.6 Å². The summed E-state index contributed by atoms with van der Waals surface area (Å²) in [6.07, 6.45) is 7.63. The Morgan fingerprint density at radius 1 is 1.07 bits per heavy atom. The molecule has 2 aromatic heterocycles.